The van der Waals surface area contributed by atoms with Crippen LogP contribution in [0.15, 0.2) is 47.7 Å². The van der Waals surface area contributed by atoms with E-state index in [4.69, 9.17) is 0 Å². The van der Waals surface area contributed by atoms with E-state index in [0.29, 0.717) is 16.8 Å². The van der Waals surface area contributed by atoms with Crippen molar-refractivity contribution in [1.29, 1.82) is 0 Å². The molecule has 0 saturated heterocycles. The maximum atomic E-state index is 13.7. The van der Waals surface area contributed by atoms with E-state index in [0.717, 1.165) is 0 Å². The van der Waals surface area contributed by atoms with E-state index in [-0.39, 0.29) is 5.71 Å². The van der Waals surface area contributed by atoms with Crippen molar-refractivity contribution >= 4 is 17.3 Å². The van der Waals surface area contributed by atoms with Gasteiger partial charge in [0.25, 0.3) is 12.2 Å². The molecule has 6 heteroatoms. The van der Waals surface area contributed by atoms with Gasteiger partial charge in [-0.3, -0.25) is 9.78 Å². The Morgan fingerprint density at radius 3 is 2.85 bits per heavy atom. The van der Waals surface area contributed by atoms with Gasteiger partial charge in [-0.1, -0.05) is 0 Å². The van der Waals surface area contributed by atoms with Crippen molar-refractivity contribution < 1.29 is 13.6 Å². The third-order valence-corrected chi connectivity index (χ3v) is 2.89. The molecule has 1 atom stereocenters. The van der Waals surface area contributed by atoms with Crippen LogP contribution in [0.25, 0.3) is 0 Å². The number of fused-ring (bicyclic) bond motifs is 1. The number of carbonyl (C=O) groups is 1. The molecule has 0 bridgehead atoms. The molecule has 1 unspecified atom stereocenters. The number of anilines is 1. The Morgan fingerprint density at radius 1 is 1.25 bits per heavy atom. The number of hydrogen-bond acceptors (Lipinski definition) is 3. The minimum Gasteiger partial charge on any atom is -0.321 e. The summed E-state index contributed by atoms with van der Waals surface area (Å²) in [6.45, 7) is 0. The smallest absolute Gasteiger partial charge is 0.281 e. The molecule has 2 heterocycles. The highest BCUT2D eigenvalue weighted by Crippen LogP contribution is 2.25. The second-order valence-electron chi connectivity index (χ2n) is 4.23. The molecule has 100 valence electrons. The van der Waals surface area contributed by atoms with E-state index in [1.165, 1.54) is 24.4 Å². The third kappa shape index (κ3) is 2.16. The van der Waals surface area contributed by atoms with Gasteiger partial charge in [0.05, 0.1) is 11.4 Å². The fourth-order valence-corrected chi connectivity index (χ4v) is 1.99. The summed E-state index contributed by atoms with van der Waals surface area (Å²) in [5.74, 6) is -1.37. The van der Waals surface area contributed by atoms with Crippen LogP contribution in [0.3, 0.4) is 0 Å². The molecule has 1 aromatic carbocycles. The number of pyridine rings is 1. The van der Waals surface area contributed by atoms with Gasteiger partial charge in [-0.15, -0.1) is 0 Å². The summed E-state index contributed by atoms with van der Waals surface area (Å²) >= 11 is 0. The predicted octanol–water partition coefficient (Wildman–Crippen LogP) is 2.31. The lowest BCUT2D eigenvalue weighted by molar-refractivity contribution is -0.120. The van der Waals surface area contributed by atoms with E-state index in [1.54, 1.807) is 18.3 Å². The number of nitrogens with zero attached hydrogens (tertiary/aromatic N) is 2. The van der Waals surface area contributed by atoms with Crippen LogP contribution in [0.1, 0.15) is 11.1 Å². The van der Waals surface area contributed by atoms with Crippen LogP contribution in [-0.4, -0.2) is 22.9 Å². The Kier molecular flexibility index (Phi) is 2.98. The lowest BCUT2D eigenvalue weighted by Crippen LogP contribution is -2.21. The maximum absolute atomic E-state index is 13.7. The second kappa shape index (κ2) is 4.80. The quantitative estimate of drug-likeness (QED) is 0.811. The average Bonchev–Trinajstić information content (AvgIpc) is 2.58. The highest BCUT2D eigenvalue weighted by molar-refractivity contribution is 6.19. The van der Waals surface area contributed by atoms with Crippen LogP contribution in [-0.2, 0) is 4.79 Å². The molecule has 0 fully saturated rings. The third-order valence-electron chi connectivity index (χ3n) is 2.89. The molecule has 1 aliphatic rings. The zero-order valence-electron chi connectivity index (χ0n) is 10.2. The first-order chi connectivity index (χ1) is 9.65. The Hall–Kier alpha value is -2.63. The summed E-state index contributed by atoms with van der Waals surface area (Å²) in [4.78, 5) is 19.2. The molecule has 0 saturated carbocycles. The van der Waals surface area contributed by atoms with Crippen molar-refractivity contribution in [2.24, 2.45) is 4.99 Å². The first-order valence-electron chi connectivity index (χ1n) is 5.88. The van der Waals surface area contributed by atoms with Crippen LogP contribution in [0, 0.1) is 5.82 Å². The molecule has 0 spiro atoms. The monoisotopic (exact) mass is 273 g/mol. The first-order valence-corrected chi connectivity index (χ1v) is 5.88. The van der Waals surface area contributed by atoms with Gasteiger partial charge in [0.15, 0.2) is 0 Å². The van der Waals surface area contributed by atoms with Gasteiger partial charge in [-0.2, -0.15) is 0 Å². The fraction of sp³-hybridized carbons (Fsp3) is 0.0714. The van der Waals surface area contributed by atoms with Crippen molar-refractivity contribution in [3.8, 4) is 0 Å². The molecule has 2 aromatic rings. The van der Waals surface area contributed by atoms with E-state index < -0.39 is 18.0 Å². The zero-order chi connectivity index (χ0) is 14.1. The van der Waals surface area contributed by atoms with Crippen molar-refractivity contribution in [3.63, 3.8) is 0 Å². The van der Waals surface area contributed by atoms with Crippen LogP contribution >= 0.6 is 0 Å². The number of rotatable bonds is 1. The number of benzodiazepines with no additional fused rings is 1. The minimum atomic E-state index is -2.04. The number of hydrogen-bond donors (Lipinski definition) is 1. The summed E-state index contributed by atoms with van der Waals surface area (Å²) in [6.07, 6.45) is 1.00. The molecule has 3 rings (SSSR count). The lowest BCUT2D eigenvalue weighted by atomic mass is 10.0. The fourth-order valence-electron chi connectivity index (χ4n) is 1.99. The zero-order valence-corrected chi connectivity index (χ0v) is 10.2. The Labute approximate surface area is 113 Å². The summed E-state index contributed by atoms with van der Waals surface area (Å²) in [5, 5.41) is 2.38. The summed E-state index contributed by atoms with van der Waals surface area (Å²) in [6, 6.07) is 7.11. The summed E-state index contributed by atoms with van der Waals surface area (Å²) in [7, 11) is 0. The number of aliphatic imine (C=N–C) groups is 1. The number of amides is 1. The first kappa shape index (κ1) is 12.4. The Balaban J connectivity index is 2.23. The van der Waals surface area contributed by atoms with Gasteiger partial charge >= 0.3 is 0 Å². The maximum Gasteiger partial charge on any atom is 0.281 e. The van der Waals surface area contributed by atoms with Crippen molar-refractivity contribution in [2.45, 2.75) is 6.30 Å². The van der Waals surface area contributed by atoms with Crippen molar-refractivity contribution in [1.82, 2.24) is 4.98 Å². The largest absolute Gasteiger partial charge is 0.321 e. The van der Waals surface area contributed by atoms with E-state index in [9.17, 15) is 13.6 Å². The second-order valence-corrected chi connectivity index (χ2v) is 4.23. The number of halogens is 2. The average molecular weight is 273 g/mol. The Morgan fingerprint density at radius 2 is 2.10 bits per heavy atom. The van der Waals surface area contributed by atoms with Gasteiger partial charge in [-0.25, -0.2) is 13.8 Å². The van der Waals surface area contributed by atoms with Gasteiger partial charge in [-0.05, 0) is 30.3 Å². The molecular formula is C14H9F2N3O. The number of alkyl halides is 1. The number of carbonyl (C=O) groups excluding carboxylic acids is 1. The normalized spacial score (nSPS) is 17.8. The Bertz CT molecular complexity index is 701. The highest BCUT2D eigenvalue weighted by atomic mass is 19.1. The van der Waals surface area contributed by atoms with Crippen molar-refractivity contribution in [2.75, 3.05) is 5.32 Å². The van der Waals surface area contributed by atoms with Crippen molar-refractivity contribution in [3.05, 3.63) is 59.7 Å². The molecule has 0 radical (unpaired) electrons. The highest BCUT2D eigenvalue weighted by Gasteiger charge is 2.25. The minimum absolute atomic E-state index is 0.193. The van der Waals surface area contributed by atoms with Crippen LogP contribution in [0.4, 0.5) is 14.5 Å². The molecule has 20 heavy (non-hydrogen) atoms. The molecule has 1 N–H and O–H groups in total. The standard InChI is InChI=1S/C14H9F2N3O/c15-9-3-4-11-10(6-9)12(8-2-1-5-17-7-8)19-13(16)14(20)18-11/h1-7,13H,(H,18,20). The van der Waals surface area contributed by atoms with Gasteiger partial charge in [0.1, 0.15) is 5.82 Å². The van der Waals surface area contributed by atoms with Crippen LogP contribution < -0.4 is 5.32 Å². The van der Waals surface area contributed by atoms with E-state index in [1.807, 2.05) is 0 Å². The molecule has 1 aliphatic heterocycles. The molecule has 1 amide bonds. The number of nitrogens with one attached hydrogen (secondary N) is 1. The summed E-state index contributed by atoms with van der Waals surface area (Å²) in [5.41, 5.74) is 1.35. The molecular weight excluding hydrogens is 264 g/mol. The molecule has 4 nitrogen and oxygen atoms in total. The topological polar surface area (TPSA) is 54.4 Å². The molecule has 1 aromatic heterocycles. The van der Waals surface area contributed by atoms with E-state index in [2.05, 4.69) is 15.3 Å². The van der Waals surface area contributed by atoms with Crippen LogP contribution in [0.5, 0.6) is 0 Å². The number of benzene rings is 1. The molecule has 0 aliphatic carbocycles. The van der Waals surface area contributed by atoms with Crippen LogP contribution in [0.2, 0.25) is 0 Å². The van der Waals surface area contributed by atoms with Gasteiger partial charge in [0, 0.05) is 23.5 Å². The SMILES string of the molecule is O=C1Nc2ccc(F)cc2C(c2cccnc2)=NC1F. The summed E-state index contributed by atoms with van der Waals surface area (Å²) < 4.78 is 27.2. The van der Waals surface area contributed by atoms with E-state index >= 15 is 0 Å². The number of aromatic nitrogens is 1. The predicted molar refractivity (Wildman–Crippen MR) is 69.8 cm³/mol. The van der Waals surface area contributed by atoms with Gasteiger partial charge in [0.2, 0.25) is 0 Å². The lowest BCUT2D eigenvalue weighted by Gasteiger charge is -2.09. The van der Waals surface area contributed by atoms with Gasteiger partial charge < -0.3 is 5.32 Å².